The maximum Gasteiger partial charge on any atom is 0.323 e. The molecule has 82 valence electrons. The molecule has 0 bridgehead atoms. The normalized spacial score (nSPS) is 26.2. The minimum atomic E-state index is -0.929. The molecule has 1 rings (SSSR count). The van der Waals surface area contributed by atoms with E-state index in [9.17, 15) is 4.79 Å². The molecule has 1 aliphatic rings. The van der Waals surface area contributed by atoms with Crippen LogP contribution in [0.5, 0.6) is 0 Å². The smallest absolute Gasteiger partial charge is 0.323 e. The highest BCUT2D eigenvalue weighted by molar-refractivity contribution is 5.76. The van der Waals surface area contributed by atoms with Gasteiger partial charge in [0.2, 0.25) is 0 Å². The molecular formula is C9H19N3O2. The summed E-state index contributed by atoms with van der Waals surface area (Å²) in [4.78, 5) is 11.6. The minimum absolute atomic E-state index is 0.282. The second-order valence-electron chi connectivity index (χ2n) is 4.81. The number of ether oxygens (including phenoxy) is 1. The van der Waals surface area contributed by atoms with Gasteiger partial charge in [0.15, 0.2) is 0 Å². The van der Waals surface area contributed by atoms with Crippen LogP contribution in [0.3, 0.4) is 0 Å². The predicted octanol–water partition coefficient (Wildman–Crippen LogP) is -0.349. The zero-order valence-corrected chi connectivity index (χ0v) is 8.96. The maximum absolute atomic E-state index is 11.6. The van der Waals surface area contributed by atoms with Gasteiger partial charge in [-0.1, -0.05) is 0 Å². The summed E-state index contributed by atoms with van der Waals surface area (Å²) in [5.41, 5.74) is 10.8. The molecule has 5 nitrogen and oxygen atoms in total. The van der Waals surface area contributed by atoms with Crippen molar-refractivity contribution in [3.05, 3.63) is 0 Å². The van der Waals surface area contributed by atoms with Gasteiger partial charge in [0.1, 0.15) is 17.4 Å². The second kappa shape index (κ2) is 3.49. The first-order chi connectivity index (χ1) is 6.20. The molecule has 0 aliphatic carbocycles. The quantitative estimate of drug-likeness (QED) is 0.398. The molecule has 5 N–H and O–H groups in total. The van der Waals surface area contributed by atoms with Crippen LogP contribution < -0.4 is 16.8 Å². The van der Waals surface area contributed by atoms with Gasteiger partial charge in [-0.05, 0) is 33.6 Å². The first-order valence-electron chi connectivity index (χ1n) is 4.78. The summed E-state index contributed by atoms with van der Waals surface area (Å²) < 4.78 is 5.20. The van der Waals surface area contributed by atoms with E-state index in [0.717, 1.165) is 0 Å². The van der Waals surface area contributed by atoms with E-state index in [1.165, 1.54) is 0 Å². The predicted molar refractivity (Wildman–Crippen MR) is 53.1 cm³/mol. The van der Waals surface area contributed by atoms with Gasteiger partial charge in [-0.25, -0.2) is 0 Å². The Balaban J connectivity index is 2.48. The van der Waals surface area contributed by atoms with Crippen LogP contribution >= 0.6 is 0 Å². The van der Waals surface area contributed by atoms with Crippen molar-refractivity contribution in [1.29, 1.82) is 0 Å². The summed E-state index contributed by atoms with van der Waals surface area (Å²) in [7, 11) is 0. The van der Waals surface area contributed by atoms with Gasteiger partial charge in [-0.3, -0.25) is 10.1 Å². The fourth-order valence-corrected chi connectivity index (χ4v) is 1.40. The number of nitrogens with two attached hydrogens (primary N) is 2. The molecule has 1 fully saturated rings. The van der Waals surface area contributed by atoms with Crippen molar-refractivity contribution in [2.45, 2.75) is 51.0 Å². The van der Waals surface area contributed by atoms with Crippen molar-refractivity contribution >= 4 is 5.97 Å². The third kappa shape index (κ3) is 3.25. The van der Waals surface area contributed by atoms with Gasteiger partial charge in [-0.2, -0.15) is 0 Å². The fourth-order valence-electron chi connectivity index (χ4n) is 1.40. The Hall–Kier alpha value is -0.650. The van der Waals surface area contributed by atoms with Gasteiger partial charge in [0.25, 0.3) is 0 Å². The largest absolute Gasteiger partial charge is 0.459 e. The molecule has 0 radical (unpaired) electrons. The standard InChI is InChI=1S/C9H19N3O2/c1-8(2,3)14-7(13)6-4-5-9(10,11)12-6/h6,12H,4-5,10-11H2,1-3H3. The summed E-state index contributed by atoms with van der Waals surface area (Å²) in [6, 6.07) is -0.371. The first-order valence-corrected chi connectivity index (χ1v) is 4.78. The van der Waals surface area contributed by atoms with Crippen LogP contribution in [0.4, 0.5) is 0 Å². The molecule has 14 heavy (non-hydrogen) atoms. The lowest BCUT2D eigenvalue weighted by molar-refractivity contribution is -0.157. The van der Waals surface area contributed by atoms with Crippen molar-refractivity contribution in [1.82, 2.24) is 5.32 Å². The molecule has 0 spiro atoms. The summed E-state index contributed by atoms with van der Waals surface area (Å²) in [6.07, 6.45) is 1.21. The molecule has 0 saturated carbocycles. The third-order valence-corrected chi connectivity index (χ3v) is 1.98. The molecule has 1 atom stereocenters. The van der Waals surface area contributed by atoms with Crippen LogP contribution in [0.25, 0.3) is 0 Å². The van der Waals surface area contributed by atoms with E-state index < -0.39 is 11.4 Å². The topological polar surface area (TPSA) is 90.4 Å². The molecule has 1 saturated heterocycles. The van der Waals surface area contributed by atoms with E-state index in [-0.39, 0.29) is 12.0 Å². The second-order valence-corrected chi connectivity index (χ2v) is 4.81. The van der Waals surface area contributed by atoms with E-state index >= 15 is 0 Å². The summed E-state index contributed by atoms with van der Waals surface area (Å²) >= 11 is 0. The lowest BCUT2D eigenvalue weighted by Crippen LogP contribution is -2.60. The summed E-state index contributed by atoms with van der Waals surface area (Å²) in [6.45, 7) is 5.49. The maximum atomic E-state index is 11.6. The van der Waals surface area contributed by atoms with Crippen molar-refractivity contribution in [3.8, 4) is 0 Å². The molecule has 1 unspecified atom stereocenters. The zero-order valence-electron chi connectivity index (χ0n) is 8.96. The molecule has 1 aliphatic heterocycles. The van der Waals surface area contributed by atoms with Crippen molar-refractivity contribution < 1.29 is 9.53 Å². The van der Waals surface area contributed by atoms with E-state index in [1.54, 1.807) is 0 Å². The molecule has 1 heterocycles. The SMILES string of the molecule is CC(C)(C)OC(=O)C1CCC(N)(N)N1. The van der Waals surface area contributed by atoms with E-state index in [2.05, 4.69) is 5.32 Å². The summed E-state index contributed by atoms with van der Waals surface area (Å²) in [5, 5.41) is 2.83. The Morgan fingerprint density at radius 2 is 2.07 bits per heavy atom. The van der Waals surface area contributed by atoms with Crippen LogP contribution in [0.1, 0.15) is 33.6 Å². The van der Waals surface area contributed by atoms with Crippen LogP contribution in [0.2, 0.25) is 0 Å². The number of nitrogens with one attached hydrogen (secondary N) is 1. The lowest BCUT2D eigenvalue weighted by atomic mass is 10.1. The van der Waals surface area contributed by atoms with Crippen LogP contribution in [-0.4, -0.2) is 23.4 Å². The molecule has 0 aromatic heterocycles. The Morgan fingerprint density at radius 1 is 1.50 bits per heavy atom. The molecule has 0 amide bonds. The van der Waals surface area contributed by atoms with Crippen LogP contribution in [0, 0.1) is 0 Å². The van der Waals surface area contributed by atoms with E-state index in [1.807, 2.05) is 20.8 Å². The minimum Gasteiger partial charge on any atom is -0.459 e. The van der Waals surface area contributed by atoms with E-state index in [4.69, 9.17) is 16.2 Å². The Bertz CT molecular complexity index is 233. The number of hydrogen-bond donors (Lipinski definition) is 3. The van der Waals surface area contributed by atoms with Gasteiger partial charge in [0.05, 0.1) is 0 Å². The van der Waals surface area contributed by atoms with E-state index in [0.29, 0.717) is 12.8 Å². The lowest BCUT2D eigenvalue weighted by Gasteiger charge is -2.24. The Morgan fingerprint density at radius 3 is 2.43 bits per heavy atom. The molecule has 0 aromatic rings. The molecule has 0 aromatic carbocycles. The number of esters is 1. The Labute approximate surface area is 84.2 Å². The third-order valence-electron chi connectivity index (χ3n) is 1.98. The average molecular weight is 201 g/mol. The molecule has 5 heteroatoms. The van der Waals surface area contributed by atoms with Gasteiger partial charge >= 0.3 is 5.97 Å². The van der Waals surface area contributed by atoms with Crippen molar-refractivity contribution in [2.24, 2.45) is 11.5 Å². The van der Waals surface area contributed by atoms with Crippen molar-refractivity contribution in [2.75, 3.05) is 0 Å². The number of carbonyl (C=O) groups excluding carboxylic acids is 1. The number of hydrogen-bond acceptors (Lipinski definition) is 5. The van der Waals surface area contributed by atoms with Gasteiger partial charge in [0, 0.05) is 0 Å². The Kier molecular flexibility index (Phi) is 2.85. The highest BCUT2D eigenvalue weighted by atomic mass is 16.6. The number of rotatable bonds is 1. The highest BCUT2D eigenvalue weighted by Crippen LogP contribution is 2.17. The monoisotopic (exact) mass is 201 g/mol. The molecular weight excluding hydrogens is 182 g/mol. The van der Waals surface area contributed by atoms with Crippen molar-refractivity contribution in [3.63, 3.8) is 0 Å². The first kappa shape index (κ1) is 11.4. The highest BCUT2D eigenvalue weighted by Gasteiger charge is 2.37. The fraction of sp³-hybridized carbons (Fsp3) is 0.889. The van der Waals surface area contributed by atoms with Gasteiger partial charge in [-0.15, -0.1) is 0 Å². The van der Waals surface area contributed by atoms with Crippen LogP contribution in [-0.2, 0) is 9.53 Å². The van der Waals surface area contributed by atoms with Gasteiger partial charge < -0.3 is 16.2 Å². The van der Waals surface area contributed by atoms with Crippen LogP contribution in [0.15, 0.2) is 0 Å². The zero-order chi connectivity index (χ0) is 11.0. The number of carbonyl (C=O) groups is 1. The summed E-state index contributed by atoms with van der Waals surface area (Å²) in [5.74, 6) is -1.21. The average Bonchev–Trinajstić information content (AvgIpc) is 2.26.